The summed E-state index contributed by atoms with van der Waals surface area (Å²) in [6, 6.07) is 0. The van der Waals surface area contributed by atoms with Gasteiger partial charge in [0.05, 0.1) is 13.3 Å². The van der Waals surface area contributed by atoms with Gasteiger partial charge in [-0.2, -0.15) is 0 Å². The lowest BCUT2D eigenvalue weighted by atomic mass is 10.4. The summed E-state index contributed by atoms with van der Waals surface area (Å²) in [6.07, 6.45) is 1.10. The largest absolute Gasteiger partial charge is 0.395 e. The Bertz CT molecular complexity index is 68.7. The second-order valence-corrected chi connectivity index (χ2v) is 2.23. The van der Waals surface area contributed by atoms with Crippen molar-refractivity contribution in [3.05, 3.63) is 0 Å². The Kier molecular flexibility index (Phi) is 2.97. The van der Waals surface area contributed by atoms with E-state index < -0.39 is 0 Å². The summed E-state index contributed by atoms with van der Waals surface area (Å²) < 4.78 is 5.15. The quantitative estimate of drug-likeness (QED) is 0.556. The van der Waals surface area contributed by atoms with Crippen molar-refractivity contribution in [2.24, 2.45) is 0 Å². The van der Waals surface area contributed by atoms with Gasteiger partial charge in [0.25, 0.3) is 0 Å². The Morgan fingerprint density at radius 2 is 2.44 bits per heavy atom. The molecule has 1 heterocycles. The molecule has 0 aromatic rings. The molecule has 0 amide bonds. The summed E-state index contributed by atoms with van der Waals surface area (Å²) in [5, 5.41) is 8.52. The summed E-state index contributed by atoms with van der Waals surface area (Å²) in [5.74, 6) is 0. The van der Waals surface area contributed by atoms with Gasteiger partial charge in [-0.05, 0) is 6.42 Å². The molecule has 9 heavy (non-hydrogen) atoms. The zero-order valence-corrected chi connectivity index (χ0v) is 5.55. The fourth-order valence-electron chi connectivity index (χ4n) is 0.966. The van der Waals surface area contributed by atoms with Gasteiger partial charge in [-0.1, -0.05) is 0 Å². The van der Waals surface area contributed by atoms with E-state index in [1.54, 1.807) is 0 Å². The molecule has 0 aromatic heterocycles. The molecular weight excluding hydrogens is 118 g/mol. The van der Waals surface area contributed by atoms with E-state index in [1.807, 2.05) is 0 Å². The van der Waals surface area contributed by atoms with Gasteiger partial charge >= 0.3 is 0 Å². The van der Waals surface area contributed by atoms with Crippen LogP contribution in [0.1, 0.15) is 6.42 Å². The van der Waals surface area contributed by atoms with Crippen molar-refractivity contribution in [2.75, 3.05) is 33.0 Å². The van der Waals surface area contributed by atoms with E-state index in [4.69, 9.17) is 9.84 Å². The van der Waals surface area contributed by atoms with E-state index in [2.05, 4.69) is 4.90 Å². The van der Waals surface area contributed by atoms with Gasteiger partial charge in [0.2, 0.25) is 0 Å². The van der Waals surface area contributed by atoms with Gasteiger partial charge in [-0.15, -0.1) is 0 Å². The molecular formula is C6H13NO2. The molecule has 1 N–H and O–H groups in total. The number of aliphatic hydroxyl groups is 1. The van der Waals surface area contributed by atoms with Crippen molar-refractivity contribution in [1.82, 2.24) is 4.90 Å². The van der Waals surface area contributed by atoms with Crippen molar-refractivity contribution >= 4 is 0 Å². The molecule has 3 nitrogen and oxygen atoms in total. The third-order valence-electron chi connectivity index (χ3n) is 1.45. The Hall–Kier alpha value is -0.120. The molecule has 0 spiro atoms. The maximum atomic E-state index is 8.52. The Balaban J connectivity index is 2.08. The van der Waals surface area contributed by atoms with Crippen LogP contribution in [0.15, 0.2) is 0 Å². The molecule has 1 rings (SSSR count). The lowest BCUT2D eigenvalue weighted by Crippen LogP contribution is -2.35. The first-order valence-corrected chi connectivity index (χ1v) is 3.34. The minimum absolute atomic E-state index is 0.239. The van der Waals surface area contributed by atoms with Crippen LogP contribution in [0.4, 0.5) is 0 Å². The number of hydrogen-bond donors (Lipinski definition) is 1. The predicted molar refractivity (Wildman–Crippen MR) is 34.1 cm³/mol. The van der Waals surface area contributed by atoms with E-state index >= 15 is 0 Å². The van der Waals surface area contributed by atoms with Gasteiger partial charge < -0.3 is 9.84 Å². The topological polar surface area (TPSA) is 32.7 Å². The minimum Gasteiger partial charge on any atom is -0.395 e. The molecule has 0 aromatic carbocycles. The highest BCUT2D eigenvalue weighted by Gasteiger charge is 2.07. The van der Waals surface area contributed by atoms with E-state index in [0.717, 1.165) is 26.1 Å². The molecule has 0 aliphatic carbocycles. The van der Waals surface area contributed by atoms with Crippen LogP contribution >= 0.6 is 0 Å². The van der Waals surface area contributed by atoms with Crippen molar-refractivity contribution in [1.29, 1.82) is 0 Å². The highest BCUT2D eigenvalue weighted by Crippen LogP contribution is 1.98. The average Bonchev–Trinajstić information content (AvgIpc) is 1.91. The third-order valence-corrected chi connectivity index (χ3v) is 1.45. The highest BCUT2D eigenvalue weighted by molar-refractivity contribution is 4.55. The fraction of sp³-hybridized carbons (Fsp3) is 1.00. The first-order chi connectivity index (χ1) is 4.43. The minimum atomic E-state index is 0.239. The zero-order valence-electron chi connectivity index (χ0n) is 5.55. The van der Waals surface area contributed by atoms with Crippen molar-refractivity contribution in [3.8, 4) is 0 Å². The predicted octanol–water partition coefficient (Wildman–Crippen LogP) is -0.342. The smallest absolute Gasteiger partial charge is 0.0991 e. The molecule has 1 saturated heterocycles. The molecule has 54 valence electrons. The van der Waals surface area contributed by atoms with Crippen molar-refractivity contribution in [3.63, 3.8) is 0 Å². The van der Waals surface area contributed by atoms with E-state index in [9.17, 15) is 0 Å². The summed E-state index contributed by atoms with van der Waals surface area (Å²) in [7, 11) is 0. The fourth-order valence-corrected chi connectivity index (χ4v) is 0.966. The molecule has 0 radical (unpaired) electrons. The Morgan fingerprint density at radius 1 is 1.56 bits per heavy atom. The zero-order chi connectivity index (χ0) is 6.53. The van der Waals surface area contributed by atoms with Crippen molar-refractivity contribution in [2.45, 2.75) is 6.42 Å². The van der Waals surface area contributed by atoms with Crippen LogP contribution in [0, 0.1) is 0 Å². The molecule has 1 aliphatic heterocycles. The second-order valence-electron chi connectivity index (χ2n) is 2.23. The molecule has 1 fully saturated rings. The molecule has 0 unspecified atom stereocenters. The van der Waals surface area contributed by atoms with Crippen LogP contribution in [0.25, 0.3) is 0 Å². The number of rotatable bonds is 2. The highest BCUT2D eigenvalue weighted by atomic mass is 16.5. The summed E-state index contributed by atoms with van der Waals surface area (Å²) in [6.45, 7) is 3.63. The third kappa shape index (κ3) is 2.30. The standard InChI is InChI=1S/C6H13NO2/c8-4-3-7-2-1-5-9-6-7/h8H,1-6H2. The number of ether oxygens (including phenoxy) is 1. The van der Waals surface area contributed by atoms with Crippen LogP contribution in [0.5, 0.6) is 0 Å². The number of β-amino-alcohol motifs (C(OH)–C–C–N with tert-alkyl or cyclic N) is 1. The Morgan fingerprint density at radius 3 is 3.00 bits per heavy atom. The van der Waals surface area contributed by atoms with Gasteiger partial charge in [-0.25, -0.2) is 0 Å². The van der Waals surface area contributed by atoms with Gasteiger partial charge in [-0.3, -0.25) is 4.90 Å². The molecule has 0 bridgehead atoms. The van der Waals surface area contributed by atoms with E-state index in [-0.39, 0.29) is 6.61 Å². The summed E-state index contributed by atoms with van der Waals surface area (Å²) in [5.41, 5.74) is 0. The van der Waals surface area contributed by atoms with Gasteiger partial charge in [0.15, 0.2) is 0 Å². The molecule has 1 aliphatic rings. The average molecular weight is 131 g/mol. The number of nitrogens with zero attached hydrogens (tertiary/aromatic N) is 1. The first kappa shape index (κ1) is 6.99. The van der Waals surface area contributed by atoms with Crippen LogP contribution in [-0.4, -0.2) is 43.0 Å². The number of aliphatic hydroxyl groups excluding tert-OH is 1. The van der Waals surface area contributed by atoms with Gasteiger partial charge in [0.1, 0.15) is 0 Å². The van der Waals surface area contributed by atoms with Crippen LogP contribution < -0.4 is 0 Å². The second kappa shape index (κ2) is 3.82. The lowest BCUT2D eigenvalue weighted by molar-refractivity contribution is -0.0195. The van der Waals surface area contributed by atoms with Crippen LogP contribution in [0.2, 0.25) is 0 Å². The monoisotopic (exact) mass is 131 g/mol. The number of hydrogen-bond acceptors (Lipinski definition) is 3. The van der Waals surface area contributed by atoms with E-state index in [0.29, 0.717) is 6.73 Å². The molecule has 0 atom stereocenters. The summed E-state index contributed by atoms with van der Waals surface area (Å²) in [4.78, 5) is 2.10. The van der Waals surface area contributed by atoms with Crippen LogP contribution in [0.3, 0.4) is 0 Å². The SMILES string of the molecule is OCCN1CCCOC1. The first-order valence-electron chi connectivity index (χ1n) is 3.34. The summed E-state index contributed by atoms with van der Waals surface area (Å²) >= 11 is 0. The normalized spacial score (nSPS) is 22.3. The van der Waals surface area contributed by atoms with E-state index in [1.165, 1.54) is 0 Å². The van der Waals surface area contributed by atoms with Crippen LogP contribution in [-0.2, 0) is 4.74 Å². The van der Waals surface area contributed by atoms with Crippen molar-refractivity contribution < 1.29 is 9.84 Å². The molecule has 0 saturated carbocycles. The van der Waals surface area contributed by atoms with Gasteiger partial charge in [0, 0.05) is 19.7 Å². The Labute approximate surface area is 55.2 Å². The maximum absolute atomic E-state index is 8.52. The lowest BCUT2D eigenvalue weighted by Gasteiger charge is -2.25. The maximum Gasteiger partial charge on any atom is 0.0991 e. The molecule has 3 heteroatoms.